The number of fused-ring (bicyclic) bond motifs is 1. The molecule has 0 unspecified atom stereocenters. The third kappa shape index (κ3) is 3.18. The van der Waals surface area contributed by atoms with Crippen LogP contribution in [0.2, 0.25) is 0 Å². The zero-order chi connectivity index (χ0) is 20.7. The molecule has 152 valence electrons. The van der Waals surface area contributed by atoms with Crippen molar-refractivity contribution in [1.82, 2.24) is 20.5 Å². The average molecular weight is 407 g/mol. The molecular weight excluding hydrogens is 388 g/mol. The van der Waals surface area contributed by atoms with Gasteiger partial charge in [0.05, 0.1) is 11.4 Å². The van der Waals surface area contributed by atoms with Crippen molar-refractivity contribution < 1.29 is 13.6 Å². The van der Waals surface area contributed by atoms with E-state index in [1.165, 1.54) is 18.3 Å². The molecule has 0 spiro atoms. The maximum absolute atomic E-state index is 14.3. The third-order valence-electron chi connectivity index (χ3n) is 5.85. The number of hydrogen-bond acceptors (Lipinski definition) is 5. The van der Waals surface area contributed by atoms with Gasteiger partial charge in [0.1, 0.15) is 17.8 Å². The lowest BCUT2D eigenvalue weighted by molar-refractivity contribution is 0.0960. The predicted molar refractivity (Wildman–Crippen MR) is 107 cm³/mol. The van der Waals surface area contributed by atoms with Crippen molar-refractivity contribution in [1.29, 1.82) is 0 Å². The van der Waals surface area contributed by atoms with E-state index in [0.717, 1.165) is 11.1 Å². The van der Waals surface area contributed by atoms with Gasteiger partial charge >= 0.3 is 0 Å². The molecule has 0 bridgehead atoms. The highest BCUT2D eigenvalue weighted by atomic mass is 19.1. The Morgan fingerprint density at radius 2 is 2.03 bits per heavy atom. The summed E-state index contributed by atoms with van der Waals surface area (Å²) in [6, 6.07) is 12.1. The van der Waals surface area contributed by atoms with Gasteiger partial charge in [-0.3, -0.25) is 9.78 Å². The maximum Gasteiger partial charge on any atom is 0.251 e. The van der Waals surface area contributed by atoms with Gasteiger partial charge in [0.25, 0.3) is 5.91 Å². The summed E-state index contributed by atoms with van der Waals surface area (Å²) in [7, 11) is 0. The van der Waals surface area contributed by atoms with E-state index in [4.69, 9.17) is 0 Å². The van der Waals surface area contributed by atoms with Crippen molar-refractivity contribution in [3.05, 3.63) is 71.3 Å². The highest BCUT2D eigenvalue weighted by Crippen LogP contribution is 2.45. The quantitative estimate of drug-likeness (QED) is 0.678. The van der Waals surface area contributed by atoms with Gasteiger partial charge in [-0.2, -0.15) is 0 Å². The first-order valence-corrected chi connectivity index (χ1v) is 9.78. The van der Waals surface area contributed by atoms with Crippen LogP contribution in [0.15, 0.2) is 48.7 Å². The van der Waals surface area contributed by atoms with Crippen LogP contribution in [-0.2, 0) is 12.0 Å². The summed E-state index contributed by atoms with van der Waals surface area (Å²) in [5, 5.41) is 14.4. The van der Waals surface area contributed by atoms with Crippen LogP contribution >= 0.6 is 0 Å². The van der Waals surface area contributed by atoms with Gasteiger partial charge in [-0.1, -0.05) is 12.1 Å². The Balaban J connectivity index is 1.32. The number of nitrogens with zero attached hydrogens (tertiary/aromatic N) is 3. The Kier molecular flexibility index (Phi) is 4.42. The van der Waals surface area contributed by atoms with Crippen molar-refractivity contribution in [2.75, 3.05) is 11.9 Å². The Bertz CT molecular complexity index is 1110. The molecule has 2 aliphatic rings. The summed E-state index contributed by atoms with van der Waals surface area (Å²) < 4.78 is 27.9. The molecule has 8 heteroatoms. The molecule has 1 amide bonds. The van der Waals surface area contributed by atoms with Gasteiger partial charge < -0.3 is 10.6 Å². The second-order valence-electron chi connectivity index (χ2n) is 7.83. The molecule has 30 heavy (non-hydrogen) atoms. The fourth-order valence-corrected chi connectivity index (χ4v) is 4.20. The SMILES string of the molecule is O=C1NCc2ccc(-c3ccc(NCC4(c5ncccc5F)CC(F)C4)nn3)cc21. The summed E-state index contributed by atoms with van der Waals surface area (Å²) >= 11 is 0. The topological polar surface area (TPSA) is 79.8 Å². The van der Waals surface area contributed by atoms with Gasteiger partial charge in [0.15, 0.2) is 0 Å². The number of alkyl halides is 1. The molecule has 3 heterocycles. The number of aromatic nitrogens is 3. The second kappa shape index (κ2) is 7.12. The van der Waals surface area contributed by atoms with E-state index in [1.807, 2.05) is 18.2 Å². The summed E-state index contributed by atoms with van der Waals surface area (Å²) in [6.45, 7) is 0.857. The van der Waals surface area contributed by atoms with Gasteiger partial charge in [-0.15, -0.1) is 10.2 Å². The smallest absolute Gasteiger partial charge is 0.251 e. The summed E-state index contributed by atoms with van der Waals surface area (Å²) in [6.07, 6.45) is 1.00. The number of halogens is 2. The number of hydrogen-bond donors (Lipinski definition) is 2. The van der Waals surface area contributed by atoms with Crippen LogP contribution in [0.5, 0.6) is 0 Å². The zero-order valence-corrected chi connectivity index (χ0v) is 16.0. The Labute approximate surface area is 171 Å². The third-order valence-corrected chi connectivity index (χ3v) is 5.85. The number of carbonyl (C=O) groups is 1. The largest absolute Gasteiger partial charge is 0.368 e. The van der Waals surface area contributed by atoms with E-state index >= 15 is 0 Å². The highest BCUT2D eigenvalue weighted by Gasteiger charge is 2.48. The van der Waals surface area contributed by atoms with Crippen molar-refractivity contribution in [2.45, 2.75) is 31.0 Å². The first-order valence-electron chi connectivity index (χ1n) is 9.78. The van der Waals surface area contributed by atoms with Gasteiger partial charge in [0.2, 0.25) is 0 Å². The van der Waals surface area contributed by atoms with Crippen LogP contribution in [0, 0.1) is 5.82 Å². The minimum atomic E-state index is -0.960. The molecule has 3 aromatic rings. The molecule has 5 rings (SSSR count). The van der Waals surface area contributed by atoms with Crippen LogP contribution in [0.3, 0.4) is 0 Å². The lowest BCUT2D eigenvalue weighted by Gasteiger charge is -2.44. The van der Waals surface area contributed by atoms with Crippen LogP contribution in [0.4, 0.5) is 14.6 Å². The molecule has 6 nitrogen and oxygen atoms in total. The minimum Gasteiger partial charge on any atom is -0.368 e. The number of nitrogens with one attached hydrogen (secondary N) is 2. The zero-order valence-electron chi connectivity index (χ0n) is 16.0. The molecule has 1 fully saturated rings. The lowest BCUT2D eigenvalue weighted by atomic mass is 9.65. The van der Waals surface area contributed by atoms with Crippen LogP contribution in [0.1, 0.15) is 34.5 Å². The first kappa shape index (κ1) is 18.6. The molecule has 1 aliphatic heterocycles. The Hall–Kier alpha value is -3.42. The molecule has 0 saturated heterocycles. The van der Waals surface area contributed by atoms with Crippen molar-refractivity contribution in [3.63, 3.8) is 0 Å². The molecule has 2 aromatic heterocycles. The van der Waals surface area contributed by atoms with E-state index in [1.54, 1.807) is 12.1 Å². The summed E-state index contributed by atoms with van der Waals surface area (Å²) in [5.41, 5.74) is 2.65. The van der Waals surface area contributed by atoms with Crippen molar-refractivity contribution in [2.24, 2.45) is 0 Å². The molecule has 0 atom stereocenters. The molecule has 1 aliphatic carbocycles. The standard InChI is InChI=1S/C22H19F2N5O/c23-15-9-22(10-15,20-17(24)2-1-7-25-20)12-27-19-6-5-18(28-29-19)13-3-4-14-11-26-21(30)16(14)8-13/h1-8,15H,9-12H2,(H,26,30)(H,27,29). The van der Waals surface area contributed by atoms with E-state index in [9.17, 15) is 13.6 Å². The normalized spacial score (nSPS) is 22.2. The van der Waals surface area contributed by atoms with Crippen LogP contribution in [0.25, 0.3) is 11.3 Å². The number of amides is 1. The summed E-state index contributed by atoms with van der Waals surface area (Å²) in [5.74, 6) is 0.000711. The lowest BCUT2D eigenvalue weighted by Crippen LogP contribution is -2.49. The van der Waals surface area contributed by atoms with E-state index < -0.39 is 17.4 Å². The Morgan fingerprint density at radius 3 is 2.77 bits per heavy atom. The van der Waals surface area contributed by atoms with Crippen LogP contribution in [-0.4, -0.2) is 33.8 Å². The molecule has 1 aromatic carbocycles. The fourth-order valence-electron chi connectivity index (χ4n) is 4.20. The first-order chi connectivity index (χ1) is 14.5. The Morgan fingerprint density at radius 1 is 1.17 bits per heavy atom. The number of rotatable bonds is 5. The van der Waals surface area contributed by atoms with E-state index in [0.29, 0.717) is 30.2 Å². The minimum absolute atomic E-state index is 0.0863. The monoisotopic (exact) mass is 407 g/mol. The summed E-state index contributed by atoms with van der Waals surface area (Å²) in [4.78, 5) is 16.0. The van der Waals surface area contributed by atoms with Crippen molar-refractivity contribution in [3.8, 4) is 11.3 Å². The van der Waals surface area contributed by atoms with Gasteiger partial charge in [0, 0.05) is 35.8 Å². The molecule has 0 radical (unpaired) electrons. The number of pyridine rings is 1. The predicted octanol–water partition coefficient (Wildman–Crippen LogP) is 3.40. The van der Waals surface area contributed by atoms with E-state index in [-0.39, 0.29) is 24.4 Å². The average Bonchev–Trinajstić information content (AvgIpc) is 3.11. The van der Waals surface area contributed by atoms with Gasteiger partial charge in [-0.25, -0.2) is 8.78 Å². The number of carbonyl (C=O) groups excluding carboxylic acids is 1. The second-order valence-corrected chi connectivity index (χ2v) is 7.83. The van der Waals surface area contributed by atoms with E-state index in [2.05, 4.69) is 25.8 Å². The van der Waals surface area contributed by atoms with Crippen LogP contribution < -0.4 is 10.6 Å². The molecular formula is C22H19F2N5O. The molecule has 1 saturated carbocycles. The highest BCUT2D eigenvalue weighted by molar-refractivity contribution is 5.99. The number of benzene rings is 1. The molecule has 2 N–H and O–H groups in total. The fraction of sp³-hybridized carbons (Fsp3) is 0.273. The van der Waals surface area contributed by atoms with Gasteiger partial charge in [-0.05, 0) is 48.7 Å². The number of anilines is 1. The maximum atomic E-state index is 14.3. The van der Waals surface area contributed by atoms with Crippen molar-refractivity contribution >= 4 is 11.7 Å².